The molecule has 0 saturated carbocycles. The van der Waals surface area contributed by atoms with E-state index in [1.54, 1.807) is 13.8 Å². The Labute approximate surface area is 133 Å². The van der Waals surface area contributed by atoms with Gasteiger partial charge in [-0.15, -0.1) is 0 Å². The molecular formula is C13H12BrF2N3O3. The molecule has 2 rings (SSSR count). The second-order valence-corrected chi connectivity index (χ2v) is 5.03. The average molecular weight is 376 g/mol. The fraction of sp³-hybridized carbons (Fsp3) is 0.308. The van der Waals surface area contributed by atoms with Crippen LogP contribution in [-0.4, -0.2) is 33.7 Å². The number of rotatable bonds is 5. The van der Waals surface area contributed by atoms with Crippen molar-refractivity contribution in [1.29, 1.82) is 0 Å². The summed E-state index contributed by atoms with van der Waals surface area (Å²) in [5.41, 5.74) is 0.0621. The molecule has 9 heteroatoms. The number of ether oxygens (including phenoxy) is 2. The SMILES string of the molecule is CCOC(=O)c1cn(-c2ncc(Br)cc2OC(F)F)c(C)n1. The van der Waals surface area contributed by atoms with Crippen molar-refractivity contribution in [2.45, 2.75) is 20.5 Å². The Balaban J connectivity index is 2.45. The van der Waals surface area contributed by atoms with Crippen molar-refractivity contribution in [3.05, 3.63) is 34.5 Å². The third kappa shape index (κ3) is 3.59. The number of aryl methyl sites for hydroxylation is 1. The monoisotopic (exact) mass is 375 g/mol. The maximum absolute atomic E-state index is 12.5. The first-order valence-electron chi connectivity index (χ1n) is 6.26. The lowest BCUT2D eigenvalue weighted by Gasteiger charge is -2.11. The number of carbonyl (C=O) groups excluding carboxylic acids is 1. The number of alkyl halides is 2. The molecule has 0 atom stereocenters. The topological polar surface area (TPSA) is 66.2 Å². The van der Waals surface area contributed by atoms with Crippen LogP contribution < -0.4 is 4.74 Å². The van der Waals surface area contributed by atoms with Crippen molar-refractivity contribution in [3.8, 4) is 11.6 Å². The zero-order chi connectivity index (χ0) is 16.3. The predicted octanol–water partition coefficient (Wildman–Crippen LogP) is 3.12. The summed E-state index contributed by atoms with van der Waals surface area (Å²) in [6, 6.07) is 1.36. The number of pyridine rings is 1. The van der Waals surface area contributed by atoms with E-state index >= 15 is 0 Å². The third-order valence-corrected chi connectivity index (χ3v) is 3.04. The minimum atomic E-state index is -3.00. The van der Waals surface area contributed by atoms with Crippen LogP contribution in [-0.2, 0) is 4.74 Å². The number of hydrogen-bond acceptors (Lipinski definition) is 5. The number of halogens is 3. The maximum atomic E-state index is 12.5. The first-order valence-corrected chi connectivity index (χ1v) is 7.05. The fourth-order valence-electron chi connectivity index (χ4n) is 1.77. The lowest BCUT2D eigenvalue weighted by Crippen LogP contribution is -2.08. The Bertz CT molecular complexity index is 691. The van der Waals surface area contributed by atoms with E-state index in [0.29, 0.717) is 10.3 Å². The van der Waals surface area contributed by atoms with Crippen LogP contribution in [0.25, 0.3) is 5.82 Å². The Kier molecular flexibility index (Phi) is 5.07. The number of aromatic nitrogens is 3. The third-order valence-electron chi connectivity index (χ3n) is 2.61. The molecule has 0 aliphatic heterocycles. The van der Waals surface area contributed by atoms with Gasteiger partial charge in [0.1, 0.15) is 5.82 Å². The number of hydrogen-bond donors (Lipinski definition) is 0. The van der Waals surface area contributed by atoms with Gasteiger partial charge in [0, 0.05) is 22.9 Å². The Morgan fingerprint density at radius 2 is 2.23 bits per heavy atom. The summed E-state index contributed by atoms with van der Waals surface area (Å²) in [5, 5.41) is 0. The zero-order valence-corrected chi connectivity index (χ0v) is 13.3. The van der Waals surface area contributed by atoms with Crippen LogP contribution in [0.5, 0.6) is 5.75 Å². The first kappa shape index (κ1) is 16.3. The molecule has 0 bridgehead atoms. The molecule has 2 aromatic heterocycles. The molecule has 22 heavy (non-hydrogen) atoms. The van der Waals surface area contributed by atoms with Gasteiger partial charge in [-0.05, 0) is 29.8 Å². The smallest absolute Gasteiger partial charge is 0.387 e. The van der Waals surface area contributed by atoms with Gasteiger partial charge in [-0.2, -0.15) is 8.78 Å². The van der Waals surface area contributed by atoms with Crippen LogP contribution in [0, 0.1) is 6.92 Å². The van der Waals surface area contributed by atoms with Gasteiger partial charge in [-0.25, -0.2) is 14.8 Å². The van der Waals surface area contributed by atoms with Crippen LogP contribution in [0.2, 0.25) is 0 Å². The molecule has 2 aromatic rings. The summed E-state index contributed by atoms with van der Waals surface area (Å²) >= 11 is 3.14. The molecule has 6 nitrogen and oxygen atoms in total. The van der Waals surface area contributed by atoms with E-state index in [-0.39, 0.29) is 23.9 Å². The second kappa shape index (κ2) is 6.82. The molecule has 0 amide bonds. The molecule has 118 valence electrons. The number of nitrogens with zero attached hydrogens (tertiary/aromatic N) is 3. The molecule has 0 fully saturated rings. The van der Waals surface area contributed by atoms with Gasteiger partial charge in [-0.3, -0.25) is 4.57 Å². The standard InChI is InChI=1S/C13H12BrF2N3O3/c1-3-21-12(20)9-6-19(7(2)18-9)11-10(22-13(15)16)4-8(14)5-17-11/h4-6,13H,3H2,1-2H3. The molecule has 0 aromatic carbocycles. The van der Waals surface area contributed by atoms with Crippen molar-refractivity contribution < 1.29 is 23.0 Å². The van der Waals surface area contributed by atoms with E-state index in [1.807, 2.05) is 0 Å². The van der Waals surface area contributed by atoms with E-state index in [0.717, 1.165) is 0 Å². The van der Waals surface area contributed by atoms with Gasteiger partial charge >= 0.3 is 12.6 Å². The van der Waals surface area contributed by atoms with Gasteiger partial charge in [-0.1, -0.05) is 0 Å². The highest BCUT2D eigenvalue weighted by molar-refractivity contribution is 9.10. The van der Waals surface area contributed by atoms with Gasteiger partial charge < -0.3 is 9.47 Å². The van der Waals surface area contributed by atoms with Crippen LogP contribution in [0.4, 0.5) is 8.78 Å². The molecule has 0 aliphatic rings. The summed E-state index contributed by atoms with van der Waals surface area (Å²) in [6.45, 7) is 0.495. The molecule has 0 spiro atoms. The molecule has 0 N–H and O–H groups in total. The lowest BCUT2D eigenvalue weighted by molar-refractivity contribution is -0.0501. The van der Waals surface area contributed by atoms with Crippen molar-refractivity contribution in [2.24, 2.45) is 0 Å². The largest absolute Gasteiger partial charge is 0.461 e. The maximum Gasteiger partial charge on any atom is 0.387 e. The van der Waals surface area contributed by atoms with E-state index in [4.69, 9.17) is 4.74 Å². The summed E-state index contributed by atoms with van der Waals surface area (Å²) < 4.78 is 36.2. The lowest BCUT2D eigenvalue weighted by atomic mass is 10.4. The van der Waals surface area contributed by atoms with Gasteiger partial charge in [0.05, 0.1) is 6.61 Å². The Hall–Kier alpha value is -2.03. The quantitative estimate of drug-likeness (QED) is 0.751. The fourth-order valence-corrected chi connectivity index (χ4v) is 2.08. The normalized spacial score (nSPS) is 10.8. The van der Waals surface area contributed by atoms with Crippen molar-refractivity contribution in [3.63, 3.8) is 0 Å². The van der Waals surface area contributed by atoms with Gasteiger partial charge in [0.2, 0.25) is 0 Å². The highest BCUT2D eigenvalue weighted by atomic mass is 79.9. The molecule has 0 unspecified atom stereocenters. The Morgan fingerprint density at radius 3 is 2.86 bits per heavy atom. The van der Waals surface area contributed by atoms with Crippen LogP contribution in [0.1, 0.15) is 23.2 Å². The van der Waals surface area contributed by atoms with Crippen LogP contribution in [0.3, 0.4) is 0 Å². The van der Waals surface area contributed by atoms with Crippen molar-refractivity contribution >= 4 is 21.9 Å². The molecule has 0 saturated heterocycles. The van der Waals surface area contributed by atoms with Gasteiger partial charge in [0.25, 0.3) is 0 Å². The number of carbonyl (C=O) groups is 1. The Morgan fingerprint density at radius 1 is 1.50 bits per heavy atom. The molecular weight excluding hydrogens is 364 g/mol. The molecule has 0 radical (unpaired) electrons. The van der Waals surface area contributed by atoms with Crippen molar-refractivity contribution in [1.82, 2.24) is 14.5 Å². The highest BCUT2D eigenvalue weighted by Gasteiger charge is 2.19. The van der Waals surface area contributed by atoms with E-state index in [2.05, 4.69) is 30.6 Å². The van der Waals surface area contributed by atoms with Gasteiger partial charge in [0.15, 0.2) is 17.3 Å². The van der Waals surface area contributed by atoms with E-state index < -0.39 is 12.6 Å². The van der Waals surface area contributed by atoms with E-state index in [9.17, 15) is 13.6 Å². The average Bonchev–Trinajstić information content (AvgIpc) is 2.81. The minimum absolute atomic E-state index is 0.0621. The highest BCUT2D eigenvalue weighted by Crippen LogP contribution is 2.27. The number of imidazole rings is 1. The van der Waals surface area contributed by atoms with Crippen LogP contribution in [0.15, 0.2) is 22.9 Å². The minimum Gasteiger partial charge on any atom is -0.461 e. The summed E-state index contributed by atoms with van der Waals surface area (Å²) in [6.07, 6.45) is 2.79. The predicted molar refractivity (Wildman–Crippen MR) is 76.4 cm³/mol. The van der Waals surface area contributed by atoms with Crippen LogP contribution >= 0.6 is 15.9 Å². The summed E-state index contributed by atoms with van der Waals surface area (Å²) in [7, 11) is 0. The molecule has 2 heterocycles. The summed E-state index contributed by atoms with van der Waals surface area (Å²) in [4.78, 5) is 19.8. The molecule has 0 aliphatic carbocycles. The van der Waals surface area contributed by atoms with E-state index in [1.165, 1.54) is 23.0 Å². The second-order valence-electron chi connectivity index (χ2n) is 4.12. The number of esters is 1. The zero-order valence-electron chi connectivity index (χ0n) is 11.7. The first-order chi connectivity index (χ1) is 10.4. The van der Waals surface area contributed by atoms with Crippen molar-refractivity contribution in [2.75, 3.05) is 6.61 Å². The summed E-state index contributed by atoms with van der Waals surface area (Å²) in [5.74, 6) is -0.251.